The van der Waals surface area contributed by atoms with E-state index in [9.17, 15) is 4.39 Å². The molecule has 8 heteroatoms. The van der Waals surface area contributed by atoms with Crippen LogP contribution in [-0.2, 0) is 19.6 Å². The van der Waals surface area contributed by atoms with Gasteiger partial charge in [-0.2, -0.15) is 0 Å². The SMILES string of the molecule is Fc1cnc(N2CCCn3nnc(CN4CCCCC4)c3C2)nc1. The Morgan fingerprint density at radius 1 is 0.958 bits per heavy atom. The van der Waals surface area contributed by atoms with Crippen molar-refractivity contribution in [2.24, 2.45) is 0 Å². The number of halogens is 1. The van der Waals surface area contributed by atoms with Crippen LogP contribution in [0, 0.1) is 5.82 Å². The fraction of sp³-hybridized carbons (Fsp3) is 0.625. The average molecular weight is 331 g/mol. The zero-order chi connectivity index (χ0) is 16.4. The number of anilines is 1. The topological polar surface area (TPSA) is 63.0 Å². The fourth-order valence-corrected chi connectivity index (χ4v) is 3.48. The van der Waals surface area contributed by atoms with Gasteiger partial charge in [0, 0.05) is 19.6 Å². The molecule has 24 heavy (non-hydrogen) atoms. The van der Waals surface area contributed by atoms with Crippen LogP contribution < -0.4 is 4.90 Å². The maximum atomic E-state index is 13.1. The van der Waals surface area contributed by atoms with Crippen LogP contribution in [0.15, 0.2) is 12.4 Å². The molecule has 0 bridgehead atoms. The van der Waals surface area contributed by atoms with E-state index in [2.05, 4.69) is 30.1 Å². The lowest BCUT2D eigenvalue weighted by molar-refractivity contribution is 0.218. The van der Waals surface area contributed by atoms with E-state index in [1.165, 1.54) is 31.7 Å². The first-order valence-corrected chi connectivity index (χ1v) is 8.66. The zero-order valence-electron chi connectivity index (χ0n) is 13.7. The van der Waals surface area contributed by atoms with Crippen molar-refractivity contribution in [3.05, 3.63) is 29.6 Å². The number of hydrogen-bond acceptors (Lipinski definition) is 6. The second-order valence-electron chi connectivity index (χ2n) is 6.52. The molecule has 0 saturated carbocycles. The first kappa shape index (κ1) is 15.4. The van der Waals surface area contributed by atoms with Crippen molar-refractivity contribution >= 4 is 5.95 Å². The highest BCUT2D eigenvalue weighted by molar-refractivity contribution is 5.31. The van der Waals surface area contributed by atoms with Gasteiger partial charge >= 0.3 is 0 Å². The molecule has 2 aromatic rings. The molecule has 1 fully saturated rings. The first-order valence-electron chi connectivity index (χ1n) is 8.66. The van der Waals surface area contributed by atoms with Crippen molar-refractivity contribution in [1.29, 1.82) is 0 Å². The van der Waals surface area contributed by atoms with E-state index in [1.807, 2.05) is 4.68 Å². The predicted octanol–water partition coefficient (Wildman–Crippen LogP) is 1.60. The van der Waals surface area contributed by atoms with Crippen LogP contribution in [0.1, 0.15) is 37.1 Å². The molecule has 0 aromatic carbocycles. The number of aryl methyl sites for hydroxylation is 1. The molecule has 0 aliphatic carbocycles. The van der Waals surface area contributed by atoms with Gasteiger partial charge in [-0.1, -0.05) is 11.6 Å². The highest BCUT2D eigenvalue weighted by Crippen LogP contribution is 2.20. The molecule has 4 rings (SSSR count). The lowest BCUT2D eigenvalue weighted by atomic mass is 10.1. The standard InChI is InChI=1S/C16H22FN7/c17-13-9-18-16(19-10-13)23-7-4-8-24-15(12-23)14(20-21-24)11-22-5-2-1-3-6-22/h9-10H,1-8,11-12H2. The maximum Gasteiger partial charge on any atom is 0.225 e. The summed E-state index contributed by atoms with van der Waals surface area (Å²) in [5.74, 6) is 0.154. The van der Waals surface area contributed by atoms with E-state index in [4.69, 9.17) is 0 Å². The number of hydrogen-bond donors (Lipinski definition) is 0. The molecule has 0 amide bonds. The van der Waals surface area contributed by atoms with Crippen molar-refractivity contribution in [3.63, 3.8) is 0 Å². The minimum Gasteiger partial charge on any atom is -0.335 e. The second kappa shape index (κ2) is 6.80. The van der Waals surface area contributed by atoms with E-state index in [-0.39, 0.29) is 0 Å². The number of nitrogens with zero attached hydrogens (tertiary/aromatic N) is 7. The second-order valence-corrected chi connectivity index (χ2v) is 6.52. The Hall–Kier alpha value is -2.09. The summed E-state index contributed by atoms with van der Waals surface area (Å²) in [4.78, 5) is 12.8. The fourth-order valence-electron chi connectivity index (χ4n) is 3.48. The van der Waals surface area contributed by atoms with Gasteiger partial charge in [0.05, 0.1) is 24.6 Å². The van der Waals surface area contributed by atoms with E-state index in [0.717, 1.165) is 50.5 Å². The van der Waals surface area contributed by atoms with Crippen molar-refractivity contribution in [2.45, 2.75) is 45.3 Å². The number of aromatic nitrogens is 5. The molecule has 4 heterocycles. The minimum absolute atomic E-state index is 0.411. The van der Waals surface area contributed by atoms with Crippen LogP contribution in [0.3, 0.4) is 0 Å². The van der Waals surface area contributed by atoms with E-state index < -0.39 is 5.82 Å². The Kier molecular flexibility index (Phi) is 4.38. The number of piperidine rings is 1. The van der Waals surface area contributed by atoms with Crippen LogP contribution in [0.4, 0.5) is 10.3 Å². The molecule has 2 aliphatic heterocycles. The Balaban J connectivity index is 1.54. The molecular weight excluding hydrogens is 309 g/mol. The summed E-state index contributed by atoms with van der Waals surface area (Å²) < 4.78 is 15.1. The van der Waals surface area contributed by atoms with Gasteiger partial charge in [-0.25, -0.2) is 19.0 Å². The van der Waals surface area contributed by atoms with Gasteiger partial charge < -0.3 is 4.90 Å². The quantitative estimate of drug-likeness (QED) is 0.851. The molecule has 2 aromatic heterocycles. The zero-order valence-corrected chi connectivity index (χ0v) is 13.7. The summed E-state index contributed by atoms with van der Waals surface area (Å²) in [5.41, 5.74) is 2.18. The molecule has 0 spiro atoms. The molecule has 7 nitrogen and oxygen atoms in total. The minimum atomic E-state index is -0.411. The van der Waals surface area contributed by atoms with Gasteiger partial charge in [-0.15, -0.1) is 5.10 Å². The third kappa shape index (κ3) is 3.24. The van der Waals surface area contributed by atoms with E-state index in [1.54, 1.807) is 0 Å². The van der Waals surface area contributed by atoms with Gasteiger partial charge in [0.25, 0.3) is 0 Å². The smallest absolute Gasteiger partial charge is 0.225 e. The van der Waals surface area contributed by atoms with E-state index in [0.29, 0.717) is 12.5 Å². The van der Waals surface area contributed by atoms with Gasteiger partial charge in [-0.05, 0) is 32.4 Å². The lowest BCUT2D eigenvalue weighted by Gasteiger charge is -2.26. The van der Waals surface area contributed by atoms with Crippen LogP contribution in [0.25, 0.3) is 0 Å². The third-order valence-electron chi connectivity index (χ3n) is 4.77. The van der Waals surface area contributed by atoms with Gasteiger partial charge in [0.15, 0.2) is 5.82 Å². The molecule has 2 aliphatic rings. The van der Waals surface area contributed by atoms with Crippen molar-refractivity contribution in [2.75, 3.05) is 24.5 Å². The molecule has 0 unspecified atom stereocenters. The molecular formula is C16H22FN7. The summed E-state index contributed by atoms with van der Waals surface area (Å²) in [6.45, 7) is 5.47. The summed E-state index contributed by atoms with van der Waals surface area (Å²) in [7, 11) is 0. The summed E-state index contributed by atoms with van der Waals surface area (Å²) in [5, 5.41) is 8.76. The Bertz CT molecular complexity index is 678. The van der Waals surface area contributed by atoms with Crippen LogP contribution in [0.5, 0.6) is 0 Å². The largest absolute Gasteiger partial charge is 0.335 e. The Morgan fingerprint density at radius 2 is 1.75 bits per heavy atom. The van der Waals surface area contributed by atoms with Gasteiger partial charge in [-0.3, -0.25) is 4.90 Å². The summed E-state index contributed by atoms with van der Waals surface area (Å²) >= 11 is 0. The maximum absolute atomic E-state index is 13.1. The normalized spacial score (nSPS) is 19.1. The first-order chi connectivity index (χ1) is 11.8. The van der Waals surface area contributed by atoms with Gasteiger partial charge in [0.2, 0.25) is 5.95 Å². The highest BCUT2D eigenvalue weighted by atomic mass is 19.1. The predicted molar refractivity (Wildman–Crippen MR) is 86.8 cm³/mol. The number of rotatable bonds is 3. The van der Waals surface area contributed by atoms with Crippen molar-refractivity contribution < 1.29 is 4.39 Å². The summed E-state index contributed by atoms with van der Waals surface area (Å²) in [6, 6.07) is 0. The highest BCUT2D eigenvalue weighted by Gasteiger charge is 2.23. The number of fused-ring (bicyclic) bond motifs is 1. The number of likely N-dealkylation sites (tertiary alicyclic amines) is 1. The molecule has 0 N–H and O–H groups in total. The van der Waals surface area contributed by atoms with Crippen LogP contribution in [-0.4, -0.2) is 49.5 Å². The molecule has 1 saturated heterocycles. The van der Waals surface area contributed by atoms with Crippen LogP contribution >= 0.6 is 0 Å². The molecule has 0 radical (unpaired) electrons. The Labute approximate surface area is 140 Å². The average Bonchev–Trinajstić information content (AvgIpc) is 2.85. The van der Waals surface area contributed by atoms with Gasteiger partial charge in [0.1, 0.15) is 5.69 Å². The van der Waals surface area contributed by atoms with Crippen molar-refractivity contribution in [3.8, 4) is 0 Å². The monoisotopic (exact) mass is 331 g/mol. The van der Waals surface area contributed by atoms with E-state index >= 15 is 0 Å². The molecule has 0 atom stereocenters. The Morgan fingerprint density at radius 3 is 2.54 bits per heavy atom. The lowest BCUT2D eigenvalue weighted by Crippen LogP contribution is -2.30. The van der Waals surface area contributed by atoms with Crippen LogP contribution in [0.2, 0.25) is 0 Å². The van der Waals surface area contributed by atoms with Crippen molar-refractivity contribution in [1.82, 2.24) is 29.9 Å². The molecule has 128 valence electrons. The third-order valence-corrected chi connectivity index (χ3v) is 4.77. The summed E-state index contributed by atoms with van der Waals surface area (Å²) in [6.07, 6.45) is 7.23.